The number of aryl methyl sites for hydroxylation is 3. The Morgan fingerprint density at radius 2 is 1.60 bits per heavy atom. The summed E-state index contributed by atoms with van der Waals surface area (Å²) in [5, 5.41) is 3.03. The summed E-state index contributed by atoms with van der Waals surface area (Å²) < 4.78 is 5.63. The van der Waals surface area contributed by atoms with Crippen molar-refractivity contribution in [2.75, 3.05) is 44.6 Å². The van der Waals surface area contributed by atoms with Crippen molar-refractivity contribution in [3.05, 3.63) is 59.2 Å². The van der Waals surface area contributed by atoms with Gasteiger partial charge in [-0.15, -0.1) is 0 Å². The van der Waals surface area contributed by atoms with Gasteiger partial charge in [-0.3, -0.25) is 14.5 Å². The Morgan fingerprint density at radius 1 is 0.967 bits per heavy atom. The van der Waals surface area contributed by atoms with E-state index in [0.29, 0.717) is 38.5 Å². The van der Waals surface area contributed by atoms with Gasteiger partial charge in [0.05, 0.1) is 6.54 Å². The van der Waals surface area contributed by atoms with Gasteiger partial charge in [0.15, 0.2) is 6.61 Å². The molecular weight excluding hydrogens is 378 g/mol. The highest BCUT2D eigenvalue weighted by Crippen LogP contribution is 2.19. The molecule has 0 saturated carbocycles. The Labute approximate surface area is 178 Å². The summed E-state index contributed by atoms with van der Waals surface area (Å²) in [5.74, 6) is 0.669. The normalized spacial score (nSPS) is 14.4. The summed E-state index contributed by atoms with van der Waals surface area (Å²) >= 11 is 0. The van der Waals surface area contributed by atoms with Crippen molar-refractivity contribution in [1.29, 1.82) is 0 Å². The highest BCUT2D eigenvalue weighted by atomic mass is 16.5. The van der Waals surface area contributed by atoms with Crippen LogP contribution in [0.15, 0.2) is 42.5 Å². The van der Waals surface area contributed by atoms with Crippen LogP contribution in [0, 0.1) is 13.8 Å². The molecule has 0 spiro atoms. The fourth-order valence-corrected chi connectivity index (χ4v) is 3.61. The lowest BCUT2D eigenvalue weighted by Crippen LogP contribution is -2.51. The van der Waals surface area contributed by atoms with Crippen molar-refractivity contribution in [2.24, 2.45) is 0 Å². The van der Waals surface area contributed by atoms with Crippen molar-refractivity contribution in [3.8, 4) is 5.75 Å². The number of para-hydroxylation sites is 1. The van der Waals surface area contributed by atoms with Crippen LogP contribution in [0.2, 0.25) is 0 Å². The molecule has 2 aromatic carbocycles. The van der Waals surface area contributed by atoms with Gasteiger partial charge in [0.2, 0.25) is 5.91 Å². The zero-order valence-electron chi connectivity index (χ0n) is 18.1. The zero-order chi connectivity index (χ0) is 21.5. The Kier molecular flexibility index (Phi) is 7.46. The molecule has 3 rings (SSSR count). The molecule has 160 valence electrons. The number of nitrogens with zero attached hydrogens (tertiary/aromatic N) is 2. The van der Waals surface area contributed by atoms with Crippen molar-refractivity contribution in [3.63, 3.8) is 0 Å². The second-order valence-corrected chi connectivity index (χ2v) is 7.76. The number of ether oxygens (including phenoxy) is 1. The number of carbonyl (C=O) groups is 2. The van der Waals surface area contributed by atoms with Crippen molar-refractivity contribution in [1.82, 2.24) is 9.80 Å². The average Bonchev–Trinajstić information content (AvgIpc) is 2.75. The third-order valence-corrected chi connectivity index (χ3v) is 5.53. The number of benzene rings is 2. The van der Waals surface area contributed by atoms with Crippen molar-refractivity contribution in [2.45, 2.75) is 27.2 Å². The molecule has 0 aliphatic carbocycles. The fraction of sp³-hybridized carbons (Fsp3) is 0.417. The van der Waals surface area contributed by atoms with Crippen LogP contribution in [0.4, 0.5) is 5.69 Å². The van der Waals surface area contributed by atoms with Crippen LogP contribution in [0.25, 0.3) is 0 Å². The first kappa shape index (κ1) is 21.8. The third kappa shape index (κ3) is 5.83. The molecule has 6 heteroatoms. The molecule has 2 aromatic rings. The summed E-state index contributed by atoms with van der Waals surface area (Å²) in [7, 11) is 0. The van der Waals surface area contributed by atoms with Gasteiger partial charge in [0.25, 0.3) is 5.91 Å². The largest absolute Gasteiger partial charge is 0.484 e. The average molecular weight is 410 g/mol. The number of anilines is 1. The van der Waals surface area contributed by atoms with Crippen LogP contribution in [-0.4, -0.2) is 60.9 Å². The number of rotatable bonds is 7. The molecular formula is C24H31N3O3. The summed E-state index contributed by atoms with van der Waals surface area (Å²) in [6.07, 6.45) is 0.978. The predicted molar refractivity (Wildman–Crippen MR) is 119 cm³/mol. The van der Waals surface area contributed by atoms with Gasteiger partial charge in [-0.25, -0.2) is 0 Å². The van der Waals surface area contributed by atoms with E-state index in [1.54, 1.807) is 4.90 Å². The fourth-order valence-electron chi connectivity index (χ4n) is 3.61. The van der Waals surface area contributed by atoms with E-state index in [1.165, 1.54) is 5.56 Å². The number of piperazine rings is 1. The molecule has 1 aliphatic rings. The standard InChI is InChI=1S/C24H31N3O3/c1-4-20-8-10-21(11-9-20)30-17-23(29)27-14-12-26(13-15-27)16-22(28)25-24-18(2)6-5-7-19(24)3/h5-11H,4,12-17H2,1-3H3,(H,25,28). The SMILES string of the molecule is CCc1ccc(OCC(=O)N2CCN(CC(=O)Nc3c(C)cccc3C)CC2)cc1. The van der Waals surface area contributed by atoms with Crippen LogP contribution in [0.3, 0.4) is 0 Å². The molecule has 0 unspecified atom stereocenters. The van der Waals surface area contributed by atoms with Gasteiger partial charge in [0.1, 0.15) is 5.75 Å². The lowest BCUT2D eigenvalue weighted by Gasteiger charge is -2.34. The third-order valence-electron chi connectivity index (χ3n) is 5.53. The number of hydrogen-bond donors (Lipinski definition) is 1. The predicted octanol–water partition coefficient (Wildman–Crippen LogP) is 3.03. The van der Waals surface area contributed by atoms with E-state index in [9.17, 15) is 9.59 Å². The van der Waals surface area contributed by atoms with E-state index >= 15 is 0 Å². The molecule has 1 fully saturated rings. The molecule has 6 nitrogen and oxygen atoms in total. The minimum atomic E-state index is -0.0222. The second kappa shape index (κ2) is 10.3. The van der Waals surface area contributed by atoms with Gasteiger partial charge in [-0.2, -0.15) is 0 Å². The molecule has 1 heterocycles. The molecule has 30 heavy (non-hydrogen) atoms. The monoisotopic (exact) mass is 409 g/mol. The highest BCUT2D eigenvalue weighted by Gasteiger charge is 2.23. The molecule has 0 aromatic heterocycles. The molecule has 2 amide bonds. The minimum Gasteiger partial charge on any atom is -0.484 e. The minimum absolute atomic E-state index is 0.0193. The summed E-state index contributed by atoms with van der Waals surface area (Å²) in [4.78, 5) is 28.8. The topological polar surface area (TPSA) is 61.9 Å². The van der Waals surface area contributed by atoms with Crippen LogP contribution in [0.5, 0.6) is 5.75 Å². The maximum absolute atomic E-state index is 12.5. The lowest BCUT2D eigenvalue weighted by atomic mass is 10.1. The number of nitrogens with one attached hydrogen (secondary N) is 1. The summed E-state index contributed by atoms with van der Waals surface area (Å²) in [6.45, 7) is 9.02. The van der Waals surface area contributed by atoms with Crippen LogP contribution in [0.1, 0.15) is 23.6 Å². The van der Waals surface area contributed by atoms with Crippen LogP contribution < -0.4 is 10.1 Å². The van der Waals surface area contributed by atoms with Gasteiger partial charge in [-0.05, 0) is 49.1 Å². The number of carbonyl (C=O) groups excluding carboxylic acids is 2. The molecule has 1 saturated heterocycles. The Hall–Kier alpha value is -2.86. The van der Waals surface area contributed by atoms with Crippen molar-refractivity contribution >= 4 is 17.5 Å². The first-order valence-corrected chi connectivity index (χ1v) is 10.5. The number of amides is 2. The van der Waals surface area contributed by atoms with Crippen molar-refractivity contribution < 1.29 is 14.3 Å². The number of hydrogen-bond acceptors (Lipinski definition) is 4. The summed E-state index contributed by atoms with van der Waals surface area (Å²) in [5.41, 5.74) is 4.25. The quantitative estimate of drug-likeness (QED) is 0.764. The zero-order valence-corrected chi connectivity index (χ0v) is 18.1. The highest BCUT2D eigenvalue weighted by molar-refractivity contribution is 5.93. The van der Waals surface area contributed by atoms with E-state index in [4.69, 9.17) is 4.74 Å². The van der Waals surface area contributed by atoms with Gasteiger partial charge in [0, 0.05) is 31.9 Å². The molecule has 1 aliphatic heterocycles. The van der Waals surface area contributed by atoms with Gasteiger partial charge >= 0.3 is 0 Å². The van der Waals surface area contributed by atoms with Gasteiger partial charge in [-0.1, -0.05) is 37.3 Å². The molecule has 1 N–H and O–H groups in total. The maximum atomic E-state index is 12.5. The van der Waals surface area contributed by atoms with E-state index < -0.39 is 0 Å². The Morgan fingerprint density at radius 3 is 2.20 bits per heavy atom. The Bertz CT molecular complexity index is 852. The van der Waals surface area contributed by atoms with Crippen LogP contribution >= 0.6 is 0 Å². The first-order valence-electron chi connectivity index (χ1n) is 10.5. The second-order valence-electron chi connectivity index (χ2n) is 7.76. The van der Waals surface area contributed by atoms with E-state index in [-0.39, 0.29) is 18.4 Å². The van der Waals surface area contributed by atoms with E-state index in [2.05, 4.69) is 17.1 Å². The van der Waals surface area contributed by atoms with E-state index in [0.717, 1.165) is 23.2 Å². The van der Waals surface area contributed by atoms with Crippen LogP contribution in [-0.2, 0) is 16.0 Å². The van der Waals surface area contributed by atoms with E-state index in [1.807, 2.05) is 56.3 Å². The molecule has 0 radical (unpaired) electrons. The molecule has 0 bridgehead atoms. The smallest absolute Gasteiger partial charge is 0.260 e. The Balaban J connectivity index is 1.41. The summed E-state index contributed by atoms with van der Waals surface area (Å²) in [6, 6.07) is 13.8. The maximum Gasteiger partial charge on any atom is 0.260 e. The first-order chi connectivity index (χ1) is 14.5. The lowest BCUT2D eigenvalue weighted by molar-refractivity contribution is -0.135. The van der Waals surface area contributed by atoms with Gasteiger partial charge < -0.3 is 15.0 Å². The molecule has 0 atom stereocenters.